The van der Waals surface area contributed by atoms with E-state index in [1.165, 1.54) is 0 Å². The minimum Gasteiger partial charge on any atom is -0.460 e. The number of likely N-dealkylation sites (tertiary alicyclic amines) is 1. The second kappa shape index (κ2) is 10.7. The van der Waals surface area contributed by atoms with Crippen molar-refractivity contribution < 1.29 is 18.7 Å². The third-order valence-corrected chi connectivity index (χ3v) is 6.11. The van der Waals surface area contributed by atoms with Gasteiger partial charge in [-0.15, -0.1) is 0 Å². The van der Waals surface area contributed by atoms with Gasteiger partial charge in [0.1, 0.15) is 17.1 Å². The maximum Gasteiger partial charge on any atom is 0.255 e. The Hall–Kier alpha value is -4.44. The zero-order chi connectivity index (χ0) is 25.8. The maximum absolute atomic E-state index is 12.4. The Balaban J connectivity index is 1.26. The second-order valence-corrected chi connectivity index (χ2v) is 8.83. The summed E-state index contributed by atoms with van der Waals surface area (Å²) in [5.74, 6) is 1.49. The molecule has 0 unspecified atom stereocenters. The van der Waals surface area contributed by atoms with Crippen LogP contribution in [-0.2, 0) is 4.79 Å². The van der Waals surface area contributed by atoms with Crippen molar-refractivity contribution in [1.29, 1.82) is 0 Å². The summed E-state index contributed by atoms with van der Waals surface area (Å²) < 4.78 is 11.7. The van der Waals surface area contributed by atoms with Gasteiger partial charge in [0.15, 0.2) is 0 Å². The number of hydrogen-bond acceptors (Lipinski definition) is 8. The van der Waals surface area contributed by atoms with Crippen molar-refractivity contribution in [3.8, 4) is 11.6 Å². The highest BCUT2D eigenvalue weighted by atomic mass is 16.5. The summed E-state index contributed by atoms with van der Waals surface area (Å²) in [6, 6.07) is 14.3. The number of aryl methyl sites for hydroxylation is 1. The van der Waals surface area contributed by atoms with Gasteiger partial charge in [0.25, 0.3) is 5.91 Å². The molecular weight excluding hydrogens is 472 g/mol. The topological polar surface area (TPSA) is 122 Å². The molecule has 1 aliphatic rings. The molecule has 2 amide bonds. The predicted molar refractivity (Wildman–Crippen MR) is 140 cm³/mol. The number of fused-ring (bicyclic) bond motifs is 1. The predicted octanol–water partition coefficient (Wildman–Crippen LogP) is 4.46. The van der Waals surface area contributed by atoms with Gasteiger partial charge in [-0.3, -0.25) is 14.5 Å². The number of anilines is 3. The number of aromatic nitrogens is 2. The molecule has 0 aliphatic carbocycles. The van der Waals surface area contributed by atoms with Crippen LogP contribution in [0.3, 0.4) is 0 Å². The average molecular weight is 501 g/mol. The van der Waals surface area contributed by atoms with E-state index in [0.717, 1.165) is 31.6 Å². The first kappa shape index (κ1) is 24.3. The summed E-state index contributed by atoms with van der Waals surface area (Å²) in [4.78, 5) is 35.4. The Morgan fingerprint density at radius 1 is 1.08 bits per heavy atom. The zero-order valence-electron chi connectivity index (χ0n) is 20.7. The molecule has 0 radical (unpaired) electrons. The van der Waals surface area contributed by atoms with E-state index < -0.39 is 0 Å². The molecule has 1 saturated heterocycles. The molecule has 1 fully saturated rings. The summed E-state index contributed by atoms with van der Waals surface area (Å²) >= 11 is 0. The minimum absolute atomic E-state index is 0.0307. The van der Waals surface area contributed by atoms with Crippen LogP contribution in [0.25, 0.3) is 11.0 Å². The van der Waals surface area contributed by atoms with E-state index in [4.69, 9.17) is 9.15 Å². The van der Waals surface area contributed by atoms with Gasteiger partial charge >= 0.3 is 0 Å². The van der Waals surface area contributed by atoms with E-state index >= 15 is 0 Å². The normalized spacial score (nSPS) is 13.5. The lowest BCUT2D eigenvalue weighted by atomic mass is 10.1. The molecule has 2 aromatic carbocycles. The van der Waals surface area contributed by atoms with E-state index in [-0.39, 0.29) is 11.8 Å². The van der Waals surface area contributed by atoms with Crippen LogP contribution in [-0.4, -0.2) is 53.4 Å². The highest BCUT2D eigenvalue weighted by Gasteiger charge is 2.18. The van der Waals surface area contributed by atoms with Crippen LogP contribution in [0.1, 0.15) is 29.0 Å². The molecular formula is C27H28N6O4. The second-order valence-electron chi connectivity index (χ2n) is 8.83. The van der Waals surface area contributed by atoms with Crippen LogP contribution in [0.5, 0.6) is 11.6 Å². The lowest BCUT2D eigenvalue weighted by molar-refractivity contribution is -0.117. The lowest BCUT2D eigenvalue weighted by Gasteiger charge is -2.14. The Kier molecular flexibility index (Phi) is 7.00. The van der Waals surface area contributed by atoms with Crippen molar-refractivity contribution in [2.24, 2.45) is 0 Å². The largest absolute Gasteiger partial charge is 0.460 e. The van der Waals surface area contributed by atoms with E-state index in [2.05, 4.69) is 30.8 Å². The molecule has 2 aromatic heterocycles. The summed E-state index contributed by atoms with van der Waals surface area (Å²) in [5.41, 5.74) is 2.47. The van der Waals surface area contributed by atoms with Crippen molar-refractivity contribution in [3.63, 3.8) is 0 Å². The van der Waals surface area contributed by atoms with Gasteiger partial charge in [-0.05, 0) is 63.2 Å². The monoisotopic (exact) mass is 500 g/mol. The summed E-state index contributed by atoms with van der Waals surface area (Å²) in [6.45, 7) is 4.09. The number of rotatable bonds is 8. The van der Waals surface area contributed by atoms with Crippen molar-refractivity contribution in [2.45, 2.75) is 19.8 Å². The van der Waals surface area contributed by atoms with Crippen molar-refractivity contribution >= 4 is 40.1 Å². The molecule has 0 bridgehead atoms. The highest BCUT2D eigenvalue weighted by Crippen LogP contribution is 2.31. The molecule has 0 spiro atoms. The molecule has 190 valence electrons. The zero-order valence-corrected chi connectivity index (χ0v) is 20.7. The molecule has 3 heterocycles. The molecule has 10 nitrogen and oxygen atoms in total. The van der Waals surface area contributed by atoms with Gasteiger partial charge in [-0.2, -0.15) is 4.98 Å². The molecule has 37 heavy (non-hydrogen) atoms. The quantitative estimate of drug-likeness (QED) is 0.324. The Morgan fingerprint density at radius 2 is 1.89 bits per heavy atom. The Morgan fingerprint density at radius 3 is 2.70 bits per heavy atom. The third-order valence-electron chi connectivity index (χ3n) is 6.11. The lowest BCUT2D eigenvalue weighted by Crippen LogP contribution is -2.30. The summed E-state index contributed by atoms with van der Waals surface area (Å²) in [6.07, 6.45) is 3.88. The van der Waals surface area contributed by atoms with E-state index in [1.807, 2.05) is 24.3 Å². The Labute approximate surface area is 214 Å². The molecule has 3 N–H and O–H groups in total. The van der Waals surface area contributed by atoms with Crippen LogP contribution >= 0.6 is 0 Å². The number of nitrogens with zero attached hydrogens (tertiary/aromatic N) is 3. The average Bonchev–Trinajstić information content (AvgIpc) is 3.50. The van der Waals surface area contributed by atoms with Gasteiger partial charge in [-0.1, -0.05) is 6.07 Å². The smallest absolute Gasteiger partial charge is 0.255 e. The van der Waals surface area contributed by atoms with Gasteiger partial charge in [0.2, 0.25) is 17.7 Å². The number of carbonyl (C=O) groups is 2. The van der Waals surface area contributed by atoms with Crippen LogP contribution in [0, 0.1) is 6.92 Å². The van der Waals surface area contributed by atoms with E-state index in [0.29, 0.717) is 52.1 Å². The SMILES string of the molecule is CNC(=O)c1c(C)oc2cc(Oc3ccnc(Nc4cccc(NC(=O)CN5CCCC5)c4)n3)ccc12. The fourth-order valence-corrected chi connectivity index (χ4v) is 4.40. The first-order chi connectivity index (χ1) is 18.0. The number of ether oxygens (including phenoxy) is 1. The molecule has 1 aliphatic heterocycles. The van der Waals surface area contributed by atoms with Gasteiger partial charge in [0.05, 0.1) is 12.1 Å². The fourth-order valence-electron chi connectivity index (χ4n) is 4.40. The molecule has 0 saturated carbocycles. The van der Waals surface area contributed by atoms with Crippen LogP contribution < -0.4 is 20.7 Å². The van der Waals surface area contributed by atoms with Crippen LogP contribution in [0.4, 0.5) is 17.3 Å². The van der Waals surface area contributed by atoms with Crippen LogP contribution in [0.15, 0.2) is 59.1 Å². The van der Waals surface area contributed by atoms with E-state index in [9.17, 15) is 9.59 Å². The van der Waals surface area contributed by atoms with Gasteiger partial charge in [0, 0.05) is 42.1 Å². The van der Waals surface area contributed by atoms with Gasteiger partial charge in [-0.25, -0.2) is 4.98 Å². The maximum atomic E-state index is 12.4. The molecule has 4 aromatic rings. The number of carbonyl (C=O) groups excluding carboxylic acids is 2. The minimum atomic E-state index is -0.202. The fraction of sp³-hybridized carbons (Fsp3) is 0.259. The first-order valence-electron chi connectivity index (χ1n) is 12.1. The molecule has 10 heteroatoms. The van der Waals surface area contributed by atoms with Gasteiger partial charge < -0.3 is 25.1 Å². The highest BCUT2D eigenvalue weighted by molar-refractivity contribution is 6.07. The number of nitrogens with one attached hydrogen (secondary N) is 3. The number of hydrogen-bond donors (Lipinski definition) is 3. The Bertz CT molecular complexity index is 1440. The molecule has 0 atom stereocenters. The van der Waals surface area contributed by atoms with Crippen molar-refractivity contribution in [2.75, 3.05) is 37.3 Å². The number of amides is 2. The molecule has 5 rings (SSSR count). The standard InChI is InChI=1S/C27H28N6O4/c1-17-25(26(35)28-2)21-9-8-20(15-22(21)36-17)37-24-10-11-29-27(32-24)31-19-7-5-6-18(14-19)30-23(34)16-33-12-3-4-13-33/h5-11,14-15H,3-4,12-13,16H2,1-2H3,(H,28,35)(H,30,34)(H,29,31,32). The first-order valence-corrected chi connectivity index (χ1v) is 12.1. The van der Waals surface area contributed by atoms with E-state index in [1.54, 1.807) is 44.4 Å². The van der Waals surface area contributed by atoms with Crippen LogP contribution in [0.2, 0.25) is 0 Å². The number of furan rings is 1. The van der Waals surface area contributed by atoms with Crippen molar-refractivity contribution in [1.82, 2.24) is 20.2 Å². The third kappa shape index (κ3) is 5.70. The van der Waals surface area contributed by atoms with Crippen molar-refractivity contribution in [3.05, 3.63) is 66.1 Å². The summed E-state index contributed by atoms with van der Waals surface area (Å²) in [5, 5.41) is 9.44. The summed E-state index contributed by atoms with van der Waals surface area (Å²) in [7, 11) is 1.58. The number of benzene rings is 2.